The van der Waals surface area contributed by atoms with Crippen LogP contribution in [0.1, 0.15) is 25.1 Å². The van der Waals surface area contributed by atoms with Crippen LogP contribution in [0.4, 0.5) is 0 Å². The van der Waals surface area contributed by atoms with Gasteiger partial charge in [-0.2, -0.15) is 0 Å². The van der Waals surface area contributed by atoms with Crippen LogP contribution in [0.3, 0.4) is 0 Å². The molecule has 0 bridgehead atoms. The van der Waals surface area contributed by atoms with Gasteiger partial charge in [-0.3, -0.25) is 9.78 Å². The number of aromatic amines is 1. The third-order valence-corrected chi connectivity index (χ3v) is 4.18. The van der Waals surface area contributed by atoms with E-state index in [9.17, 15) is 0 Å². The second kappa shape index (κ2) is 6.86. The van der Waals surface area contributed by atoms with Gasteiger partial charge >= 0.3 is 0 Å². The third-order valence-electron chi connectivity index (χ3n) is 3.85. The van der Waals surface area contributed by atoms with Crippen LogP contribution in [-0.2, 0) is 6.42 Å². The van der Waals surface area contributed by atoms with Crippen LogP contribution < -0.4 is 0 Å². The molecule has 108 valence electrons. The molecule has 2 rings (SSSR count). The lowest BCUT2D eigenvalue weighted by molar-refractivity contribution is 0.307. The molecule has 0 amide bonds. The van der Waals surface area contributed by atoms with E-state index in [0.29, 0.717) is 0 Å². The zero-order chi connectivity index (χ0) is 14.5. The minimum atomic E-state index is 0.860. The highest BCUT2D eigenvalue weighted by molar-refractivity contribution is 7.71. The molecule has 0 spiro atoms. The molecule has 2 aromatic rings. The number of likely N-dealkylation sites (N-methyl/N-ethyl adjacent to an activating group) is 1. The van der Waals surface area contributed by atoms with E-state index in [1.54, 1.807) is 0 Å². The minimum Gasteiger partial charge on any atom is -0.304 e. The van der Waals surface area contributed by atoms with Crippen LogP contribution in [0.2, 0.25) is 0 Å². The van der Waals surface area contributed by atoms with Crippen LogP contribution >= 0.6 is 12.2 Å². The summed E-state index contributed by atoms with van der Waals surface area (Å²) in [6, 6.07) is 10.3. The number of rotatable bonds is 6. The normalized spacial score (nSPS) is 11.2. The van der Waals surface area contributed by atoms with Crippen molar-refractivity contribution in [1.82, 2.24) is 14.7 Å². The summed E-state index contributed by atoms with van der Waals surface area (Å²) in [6.07, 6.45) is 1.00. The number of para-hydroxylation sites is 1. The molecule has 0 aliphatic heterocycles. The highest BCUT2D eigenvalue weighted by Gasteiger charge is 2.10. The Balaban J connectivity index is 2.24. The Kier molecular flexibility index (Phi) is 5.15. The summed E-state index contributed by atoms with van der Waals surface area (Å²) < 4.78 is 2.94. The molecule has 0 aliphatic carbocycles. The van der Waals surface area contributed by atoms with E-state index >= 15 is 0 Å². The van der Waals surface area contributed by atoms with Crippen LogP contribution in [0.5, 0.6) is 0 Å². The molecule has 0 aliphatic rings. The standard InChI is InChI=1S/C16H23N3S/c1-4-18(5-2)12-11-15-13(3)19(17-16(15)20)14-9-7-6-8-10-14/h6-10H,4-5,11-12H2,1-3H3,(H,17,20). The predicted octanol–water partition coefficient (Wildman–Crippen LogP) is 3.73. The number of aromatic nitrogens is 2. The number of H-pyrrole nitrogens is 1. The van der Waals surface area contributed by atoms with E-state index in [-0.39, 0.29) is 0 Å². The Morgan fingerprint density at radius 2 is 1.80 bits per heavy atom. The summed E-state index contributed by atoms with van der Waals surface area (Å²) in [7, 11) is 0. The molecule has 0 saturated carbocycles. The molecule has 1 N–H and O–H groups in total. The van der Waals surface area contributed by atoms with Gasteiger partial charge in [-0.05, 0) is 38.6 Å². The van der Waals surface area contributed by atoms with Gasteiger partial charge < -0.3 is 4.90 Å². The van der Waals surface area contributed by atoms with Crippen LogP contribution in [-0.4, -0.2) is 34.3 Å². The Morgan fingerprint density at radius 1 is 1.15 bits per heavy atom. The first-order chi connectivity index (χ1) is 9.67. The SMILES string of the molecule is CCN(CC)CCc1c(C)n(-c2ccccc2)[nH]c1=S. The minimum absolute atomic E-state index is 0.860. The van der Waals surface area contributed by atoms with Crippen LogP contribution in [0.25, 0.3) is 5.69 Å². The number of hydrogen-bond donors (Lipinski definition) is 1. The summed E-state index contributed by atoms with van der Waals surface area (Å²) >= 11 is 5.49. The first-order valence-electron chi connectivity index (χ1n) is 7.25. The summed E-state index contributed by atoms with van der Waals surface area (Å²) in [5.74, 6) is 0. The lowest BCUT2D eigenvalue weighted by atomic mass is 10.2. The largest absolute Gasteiger partial charge is 0.304 e. The Morgan fingerprint density at radius 3 is 2.40 bits per heavy atom. The van der Waals surface area contributed by atoms with Gasteiger partial charge in [-0.1, -0.05) is 44.3 Å². The van der Waals surface area contributed by atoms with Crippen LogP contribution in [0, 0.1) is 11.6 Å². The van der Waals surface area contributed by atoms with Crippen molar-refractivity contribution in [3.05, 3.63) is 46.2 Å². The van der Waals surface area contributed by atoms with Gasteiger partial charge in [0.25, 0.3) is 0 Å². The summed E-state index contributed by atoms with van der Waals surface area (Å²) in [5, 5.41) is 3.30. The Labute approximate surface area is 126 Å². The van der Waals surface area contributed by atoms with Crippen molar-refractivity contribution in [3.8, 4) is 5.69 Å². The molecule has 20 heavy (non-hydrogen) atoms. The Hall–Kier alpha value is -1.39. The highest BCUT2D eigenvalue weighted by Crippen LogP contribution is 2.16. The van der Waals surface area contributed by atoms with Crippen molar-refractivity contribution >= 4 is 12.2 Å². The smallest absolute Gasteiger partial charge is 0.123 e. The van der Waals surface area contributed by atoms with Crippen molar-refractivity contribution in [2.75, 3.05) is 19.6 Å². The lowest BCUT2D eigenvalue weighted by Gasteiger charge is -2.17. The molecule has 4 heteroatoms. The quantitative estimate of drug-likeness (QED) is 0.819. The van der Waals surface area contributed by atoms with Crippen molar-refractivity contribution < 1.29 is 0 Å². The maximum absolute atomic E-state index is 5.49. The van der Waals surface area contributed by atoms with Gasteiger partial charge in [0.1, 0.15) is 4.64 Å². The van der Waals surface area contributed by atoms with Crippen LogP contribution in [0.15, 0.2) is 30.3 Å². The maximum atomic E-state index is 5.49. The molecule has 1 aromatic heterocycles. The molecule has 0 radical (unpaired) electrons. The average molecular weight is 289 g/mol. The maximum Gasteiger partial charge on any atom is 0.123 e. The number of nitrogens with zero attached hydrogens (tertiary/aromatic N) is 2. The van der Waals surface area contributed by atoms with Gasteiger partial charge in [0, 0.05) is 17.8 Å². The van der Waals surface area contributed by atoms with E-state index < -0.39 is 0 Å². The van der Waals surface area contributed by atoms with E-state index in [0.717, 1.165) is 36.4 Å². The van der Waals surface area contributed by atoms with Gasteiger partial charge in [0.2, 0.25) is 0 Å². The summed E-state index contributed by atoms with van der Waals surface area (Å²) in [5.41, 5.74) is 3.61. The van der Waals surface area contributed by atoms with Crippen molar-refractivity contribution in [2.24, 2.45) is 0 Å². The molecular weight excluding hydrogens is 266 g/mol. The molecule has 0 saturated heterocycles. The van der Waals surface area contributed by atoms with Gasteiger partial charge in [-0.25, -0.2) is 0 Å². The monoisotopic (exact) mass is 289 g/mol. The fraction of sp³-hybridized carbons (Fsp3) is 0.438. The van der Waals surface area contributed by atoms with Gasteiger partial charge in [0.15, 0.2) is 0 Å². The third kappa shape index (κ3) is 3.19. The van der Waals surface area contributed by atoms with E-state index in [4.69, 9.17) is 12.2 Å². The summed E-state index contributed by atoms with van der Waals surface area (Å²) in [4.78, 5) is 2.42. The topological polar surface area (TPSA) is 24.0 Å². The van der Waals surface area contributed by atoms with E-state index in [2.05, 4.69) is 47.6 Å². The first kappa shape index (κ1) is 15.0. The highest BCUT2D eigenvalue weighted by atomic mass is 32.1. The molecule has 1 aromatic carbocycles. The number of nitrogens with one attached hydrogen (secondary N) is 1. The predicted molar refractivity (Wildman–Crippen MR) is 87.2 cm³/mol. The number of hydrogen-bond acceptors (Lipinski definition) is 2. The Bertz CT molecular complexity index is 594. The molecule has 0 atom stereocenters. The summed E-state index contributed by atoms with van der Waals surface area (Å²) in [6.45, 7) is 9.77. The zero-order valence-corrected chi connectivity index (χ0v) is 13.3. The van der Waals surface area contributed by atoms with E-state index in [1.165, 1.54) is 11.3 Å². The second-order valence-electron chi connectivity index (χ2n) is 4.95. The van der Waals surface area contributed by atoms with Gasteiger partial charge in [-0.15, -0.1) is 0 Å². The first-order valence-corrected chi connectivity index (χ1v) is 7.66. The van der Waals surface area contributed by atoms with Crippen molar-refractivity contribution in [3.63, 3.8) is 0 Å². The molecule has 1 heterocycles. The zero-order valence-electron chi connectivity index (χ0n) is 12.5. The number of benzene rings is 1. The van der Waals surface area contributed by atoms with Crippen molar-refractivity contribution in [1.29, 1.82) is 0 Å². The molecule has 0 fully saturated rings. The fourth-order valence-corrected chi connectivity index (χ4v) is 2.83. The average Bonchev–Trinajstić information content (AvgIpc) is 2.77. The fourth-order valence-electron chi connectivity index (χ4n) is 2.49. The molecular formula is C16H23N3S. The van der Waals surface area contributed by atoms with E-state index in [1.807, 2.05) is 18.2 Å². The molecule has 3 nitrogen and oxygen atoms in total. The second-order valence-corrected chi connectivity index (χ2v) is 5.36. The lowest BCUT2D eigenvalue weighted by Crippen LogP contribution is -2.25. The van der Waals surface area contributed by atoms with Gasteiger partial charge in [0.05, 0.1) is 5.69 Å². The van der Waals surface area contributed by atoms with Crippen molar-refractivity contribution in [2.45, 2.75) is 27.2 Å². The molecule has 0 unspecified atom stereocenters.